The minimum Gasteiger partial charge on any atom is -0.378 e. The molecular formula is C21H26N6O3. The molecular weight excluding hydrogens is 384 g/mol. The Bertz CT molecular complexity index is 898. The molecule has 0 aromatic carbocycles. The summed E-state index contributed by atoms with van der Waals surface area (Å²) in [5.41, 5.74) is 6.58. The number of hydrogen-bond acceptors (Lipinski definition) is 7. The number of hydrogen-bond donors (Lipinski definition) is 2. The van der Waals surface area contributed by atoms with E-state index < -0.39 is 0 Å². The van der Waals surface area contributed by atoms with Crippen LogP contribution in [0.2, 0.25) is 0 Å². The average molecular weight is 410 g/mol. The molecule has 3 N–H and O–H groups in total. The van der Waals surface area contributed by atoms with E-state index in [9.17, 15) is 9.59 Å². The summed E-state index contributed by atoms with van der Waals surface area (Å²) in [6.07, 6.45) is 5.04. The highest BCUT2D eigenvalue weighted by Gasteiger charge is 2.25. The van der Waals surface area contributed by atoms with Gasteiger partial charge in [0.2, 0.25) is 5.91 Å². The second kappa shape index (κ2) is 9.08. The van der Waals surface area contributed by atoms with E-state index in [-0.39, 0.29) is 17.7 Å². The lowest BCUT2D eigenvalue weighted by molar-refractivity contribution is -0.122. The minimum absolute atomic E-state index is 0.149. The average Bonchev–Trinajstić information content (AvgIpc) is 2.80. The highest BCUT2D eigenvalue weighted by atomic mass is 16.5. The van der Waals surface area contributed by atoms with Gasteiger partial charge >= 0.3 is 0 Å². The number of nitrogens with two attached hydrogens (primary N) is 1. The molecule has 9 heteroatoms. The predicted octanol–water partition coefficient (Wildman–Crippen LogP) is 1.27. The number of morpholine rings is 1. The van der Waals surface area contributed by atoms with Crippen molar-refractivity contribution in [1.82, 2.24) is 9.97 Å². The van der Waals surface area contributed by atoms with Crippen molar-refractivity contribution in [3.05, 3.63) is 42.2 Å². The highest BCUT2D eigenvalue weighted by molar-refractivity contribution is 6.07. The Hall–Kier alpha value is -3.20. The molecule has 2 saturated heterocycles. The minimum atomic E-state index is -0.267. The molecule has 30 heavy (non-hydrogen) atoms. The second-order valence-electron chi connectivity index (χ2n) is 7.52. The first-order valence-electron chi connectivity index (χ1n) is 10.2. The van der Waals surface area contributed by atoms with Crippen molar-refractivity contribution in [1.29, 1.82) is 0 Å². The first kappa shape index (κ1) is 20.1. The van der Waals surface area contributed by atoms with Crippen LogP contribution in [0.5, 0.6) is 0 Å². The zero-order valence-electron chi connectivity index (χ0n) is 16.8. The van der Waals surface area contributed by atoms with Crippen LogP contribution < -0.4 is 20.9 Å². The number of aromatic nitrogens is 2. The lowest BCUT2D eigenvalue weighted by atomic mass is 9.97. The third-order valence-corrected chi connectivity index (χ3v) is 5.50. The van der Waals surface area contributed by atoms with E-state index in [1.807, 2.05) is 12.1 Å². The van der Waals surface area contributed by atoms with Crippen molar-refractivity contribution in [2.75, 3.05) is 54.5 Å². The number of carbonyl (C=O) groups excluding carboxylic acids is 2. The fourth-order valence-corrected chi connectivity index (χ4v) is 3.86. The topological polar surface area (TPSA) is 114 Å². The number of primary amides is 1. The summed E-state index contributed by atoms with van der Waals surface area (Å²) >= 11 is 0. The van der Waals surface area contributed by atoms with E-state index in [2.05, 4.69) is 25.1 Å². The summed E-state index contributed by atoms with van der Waals surface area (Å²) < 4.78 is 5.39. The summed E-state index contributed by atoms with van der Waals surface area (Å²) in [5.74, 6) is 0.786. The zero-order chi connectivity index (χ0) is 20.9. The van der Waals surface area contributed by atoms with E-state index in [1.165, 1.54) is 0 Å². The fraction of sp³-hybridized carbons (Fsp3) is 0.429. The molecule has 0 bridgehead atoms. The Kier molecular flexibility index (Phi) is 6.08. The summed E-state index contributed by atoms with van der Waals surface area (Å²) in [5, 5.41) is 2.90. The first-order valence-corrected chi connectivity index (χ1v) is 10.2. The lowest BCUT2D eigenvalue weighted by Gasteiger charge is -2.32. The standard InChI is InChI=1S/C21H26N6O3/c22-19(28)15-3-2-8-27(14-15)18-6-5-16(13-24-18)25-21(29)17-4-1-7-23-20(17)26-9-11-30-12-10-26/h1,4-7,13,15H,2-3,8-12,14H2,(H2,22,28)(H,25,29). The SMILES string of the molecule is NC(=O)C1CCCN(c2ccc(NC(=O)c3cccnc3N3CCOCC3)cn2)C1. The van der Waals surface area contributed by atoms with Crippen LogP contribution in [0.3, 0.4) is 0 Å². The van der Waals surface area contributed by atoms with Gasteiger partial charge in [0.25, 0.3) is 5.91 Å². The van der Waals surface area contributed by atoms with E-state index in [1.54, 1.807) is 24.5 Å². The van der Waals surface area contributed by atoms with E-state index in [0.29, 0.717) is 49.9 Å². The van der Waals surface area contributed by atoms with E-state index in [0.717, 1.165) is 25.2 Å². The van der Waals surface area contributed by atoms with Crippen LogP contribution in [0.1, 0.15) is 23.2 Å². The third-order valence-electron chi connectivity index (χ3n) is 5.50. The van der Waals surface area contributed by atoms with Gasteiger partial charge in [-0.1, -0.05) is 0 Å². The number of pyridine rings is 2. The Balaban J connectivity index is 1.44. The van der Waals surface area contributed by atoms with Gasteiger partial charge in [0.15, 0.2) is 0 Å². The number of amides is 2. The van der Waals surface area contributed by atoms with Gasteiger partial charge < -0.3 is 25.6 Å². The first-order chi connectivity index (χ1) is 14.6. The Morgan fingerprint density at radius 3 is 2.67 bits per heavy atom. The zero-order valence-corrected chi connectivity index (χ0v) is 16.8. The van der Waals surface area contributed by atoms with Gasteiger partial charge in [-0.3, -0.25) is 9.59 Å². The van der Waals surface area contributed by atoms with Gasteiger partial charge in [-0.2, -0.15) is 0 Å². The van der Waals surface area contributed by atoms with Gasteiger partial charge in [0.1, 0.15) is 11.6 Å². The van der Waals surface area contributed by atoms with E-state index in [4.69, 9.17) is 10.5 Å². The van der Waals surface area contributed by atoms with Gasteiger partial charge in [-0.15, -0.1) is 0 Å². The molecule has 4 heterocycles. The molecule has 158 valence electrons. The number of nitrogens with one attached hydrogen (secondary N) is 1. The molecule has 2 fully saturated rings. The number of piperidine rings is 1. The van der Waals surface area contributed by atoms with Gasteiger partial charge in [0, 0.05) is 32.4 Å². The van der Waals surface area contributed by atoms with Crippen LogP contribution in [-0.4, -0.2) is 61.2 Å². The Labute approximate surface area is 175 Å². The molecule has 4 rings (SSSR count). The lowest BCUT2D eigenvalue weighted by Crippen LogP contribution is -2.41. The van der Waals surface area contributed by atoms with Crippen LogP contribution in [0, 0.1) is 5.92 Å². The molecule has 9 nitrogen and oxygen atoms in total. The predicted molar refractivity (Wildman–Crippen MR) is 114 cm³/mol. The maximum atomic E-state index is 12.9. The van der Waals surface area contributed by atoms with Crippen molar-refractivity contribution >= 4 is 29.1 Å². The van der Waals surface area contributed by atoms with Gasteiger partial charge in [0.05, 0.1) is 36.6 Å². The quantitative estimate of drug-likeness (QED) is 0.763. The number of ether oxygens (including phenoxy) is 1. The van der Waals surface area contributed by atoms with Gasteiger partial charge in [-0.25, -0.2) is 9.97 Å². The monoisotopic (exact) mass is 410 g/mol. The van der Waals surface area contributed by atoms with Crippen molar-refractivity contribution in [3.8, 4) is 0 Å². The van der Waals surface area contributed by atoms with Crippen LogP contribution >= 0.6 is 0 Å². The molecule has 2 aliphatic heterocycles. The largest absolute Gasteiger partial charge is 0.378 e. The fourth-order valence-electron chi connectivity index (χ4n) is 3.86. The summed E-state index contributed by atoms with van der Waals surface area (Å²) in [7, 11) is 0. The molecule has 2 amide bonds. The number of carbonyl (C=O) groups is 2. The number of nitrogens with zero attached hydrogens (tertiary/aromatic N) is 4. The molecule has 1 unspecified atom stereocenters. The van der Waals surface area contributed by atoms with Crippen molar-refractivity contribution < 1.29 is 14.3 Å². The third kappa shape index (κ3) is 4.51. The van der Waals surface area contributed by atoms with Crippen LogP contribution in [0.25, 0.3) is 0 Å². The molecule has 2 aromatic heterocycles. The highest BCUT2D eigenvalue weighted by Crippen LogP contribution is 2.23. The smallest absolute Gasteiger partial charge is 0.259 e. The van der Waals surface area contributed by atoms with Crippen molar-refractivity contribution in [3.63, 3.8) is 0 Å². The normalized spacial score (nSPS) is 19.4. The maximum absolute atomic E-state index is 12.9. The Morgan fingerprint density at radius 2 is 1.93 bits per heavy atom. The molecule has 0 saturated carbocycles. The molecule has 2 aliphatic rings. The van der Waals surface area contributed by atoms with Crippen molar-refractivity contribution in [2.45, 2.75) is 12.8 Å². The van der Waals surface area contributed by atoms with E-state index >= 15 is 0 Å². The second-order valence-corrected chi connectivity index (χ2v) is 7.52. The number of rotatable bonds is 5. The summed E-state index contributed by atoms with van der Waals surface area (Å²) in [6, 6.07) is 7.20. The Morgan fingerprint density at radius 1 is 1.10 bits per heavy atom. The molecule has 1 atom stereocenters. The van der Waals surface area contributed by atoms with Crippen molar-refractivity contribution in [2.24, 2.45) is 11.7 Å². The molecule has 0 spiro atoms. The maximum Gasteiger partial charge on any atom is 0.259 e. The molecule has 0 aliphatic carbocycles. The van der Waals surface area contributed by atoms with Crippen LogP contribution in [0.4, 0.5) is 17.3 Å². The molecule has 0 radical (unpaired) electrons. The van der Waals surface area contributed by atoms with Crippen LogP contribution in [0.15, 0.2) is 36.7 Å². The summed E-state index contributed by atoms with van der Waals surface area (Å²) in [6.45, 7) is 4.06. The van der Waals surface area contributed by atoms with Gasteiger partial charge in [-0.05, 0) is 37.1 Å². The van der Waals surface area contributed by atoms with Crippen LogP contribution in [-0.2, 0) is 9.53 Å². The number of anilines is 3. The summed E-state index contributed by atoms with van der Waals surface area (Å²) in [4.78, 5) is 37.4. The molecule has 2 aromatic rings.